The molecule has 5 heteroatoms. The Morgan fingerprint density at radius 3 is 2.38 bits per heavy atom. The third kappa shape index (κ3) is 8.80. The van der Waals surface area contributed by atoms with Gasteiger partial charge in [0.05, 0.1) is 7.11 Å². The SMILES string of the molecule is CN=C(NCCCC(C)C)NCc1ccc(OC)cc1.I. The Morgan fingerprint density at radius 2 is 1.86 bits per heavy atom. The van der Waals surface area contributed by atoms with Crippen molar-refractivity contribution in [2.45, 2.75) is 33.2 Å². The number of ether oxygens (including phenoxy) is 1. The summed E-state index contributed by atoms with van der Waals surface area (Å²) in [4.78, 5) is 4.22. The standard InChI is InChI=1S/C16H27N3O.HI/c1-13(2)6-5-11-18-16(17-3)19-12-14-7-9-15(20-4)10-8-14;/h7-10,13H,5-6,11-12H2,1-4H3,(H2,17,18,19);1H. The van der Waals surface area contributed by atoms with Gasteiger partial charge in [0.1, 0.15) is 5.75 Å². The van der Waals surface area contributed by atoms with E-state index in [2.05, 4.69) is 41.6 Å². The van der Waals surface area contributed by atoms with E-state index in [4.69, 9.17) is 4.74 Å². The lowest BCUT2D eigenvalue weighted by molar-refractivity contribution is 0.414. The van der Waals surface area contributed by atoms with Crippen molar-refractivity contribution in [2.75, 3.05) is 20.7 Å². The van der Waals surface area contributed by atoms with Gasteiger partial charge >= 0.3 is 0 Å². The van der Waals surface area contributed by atoms with Crippen molar-refractivity contribution in [1.82, 2.24) is 10.6 Å². The van der Waals surface area contributed by atoms with Gasteiger partial charge in [-0.25, -0.2) is 0 Å². The molecule has 0 aliphatic carbocycles. The Kier molecular flexibility index (Phi) is 11.1. The van der Waals surface area contributed by atoms with E-state index in [1.165, 1.54) is 18.4 Å². The fraction of sp³-hybridized carbons (Fsp3) is 0.562. The number of benzene rings is 1. The van der Waals surface area contributed by atoms with Gasteiger partial charge in [-0.1, -0.05) is 26.0 Å². The predicted molar refractivity (Wildman–Crippen MR) is 101 cm³/mol. The normalized spacial score (nSPS) is 11.0. The number of hydrogen-bond acceptors (Lipinski definition) is 2. The number of methoxy groups -OCH3 is 1. The van der Waals surface area contributed by atoms with Crippen LogP contribution in [0.1, 0.15) is 32.3 Å². The zero-order valence-electron chi connectivity index (χ0n) is 13.5. The van der Waals surface area contributed by atoms with E-state index < -0.39 is 0 Å². The van der Waals surface area contributed by atoms with Crippen LogP contribution in [0.25, 0.3) is 0 Å². The molecule has 0 amide bonds. The summed E-state index contributed by atoms with van der Waals surface area (Å²) in [6.45, 7) is 6.21. The first-order valence-electron chi connectivity index (χ1n) is 7.23. The maximum atomic E-state index is 5.14. The number of rotatable bonds is 7. The van der Waals surface area contributed by atoms with E-state index in [1.807, 2.05) is 12.1 Å². The minimum absolute atomic E-state index is 0. The highest BCUT2D eigenvalue weighted by atomic mass is 127. The van der Waals surface area contributed by atoms with Crippen LogP contribution >= 0.6 is 24.0 Å². The highest BCUT2D eigenvalue weighted by Gasteiger charge is 1.99. The minimum atomic E-state index is 0. The lowest BCUT2D eigenvalue weighted by Gasteiger charge is -2.12. The third-order valence-electron chi connectivity index (χ3n) is 3.09. The first-order chi connectivity index (χ1) is 9.65. The number of nitrogens with one attached hydrogen (secondary N) is 2. The van der Waals surface area contributed by atoms with E-state index in [0.29, 0.717) is 0 Å². The topological polar surface area (TPSA) is 45.7 Å². The van der Waals surface area contributed by atoms with Crippen LogP contribution in [0.4, 0.5) is 0 Å². The van der Waals surface area contributed by atoms with Crippen LogP contribution in [0.5, 0.6) is 5.75 Å². The average molecular weight is 405 g/mol. The van der Waals surface area contributed by atoms with Crippen LogP contribution < -0.4 is 15.4 Å². The number of halogens is 1. The highest BCUT2D eigenvalue weighted by molar-refractivity contribution is 14.0. The molecule has 21 heavy (non-hydrogen) atoms. The van der Waals surface area contributed by atoms with Crippen molar-refractivity contribution in [3.8, 4) is 5.75 Å². The van der Waals surface area contributed by atoms with Gasteiger partial charge < -0.3 is 15.4 Å². The Hall–Kier alpha value is -0.980. The molecule has 0 radical (unpaired) electrons. The molecule has 120 valence electrons. The Morgan fingerprint density at radius 1 is 1.19 bits per heavy atom. The molecule has 0 heterocycles. The number of guanidine groups is 1. The smallest absolute Gasteiger partial charge is 0.191 e. The molecule has 4 nitrogen and oxygen atoms in total. The van der Waals surface area contributed by atoms with Crippen molar-refractivity contribution < 1.29 is 4.74 Å². The van der Waals surface area contributed by atoms with Gasteiger partial charge in [0.25, 0.3) is 0 Å². The molecule has 0 aliphatic rings. The van der Waals surface area contributed by atoms with E-state index in [-0.39, 0.29) is 24.0 Å². The van der Waals surface area contributed by atoms with Crippen molar-refractivity contribution in [1.29, 1.82) is 0 Å². The fourth-order valence-corrected chi connectivity index (χ4v) is 1.87. The van der Waals surface area contributed by atoms with Crippen molar-refractivity contribution >= 4 is 29.9 Å². The zero-order chi connectivity index (χ0) is 14.8. The Balaban J connectivity index is 0.00000400. The van der Waals surface area contributed by atoms with Crippen molar-refractivity contribution in [3.63, 3.8) is 0 Å². The molecule has 0 saturated heterocycles. The Labute approximate surface area is 145 Å². The average Bonchev–Trinajstić information content (AvgIpc) is 2.47. The summed E-state index contributed by atoms with van der Waals surface area (Å²) in [5.41, 5.74) is 1.20. The molecule has 0 spiro atoms. The van der Waals surface area contributed by atoms with E-state index >= 15 is 0 Å². The lowest BCUT2D eigenvalue weighted by Crippen LogP contribution is -2.37. The molecule has 0 bridgehead atoms. The molecule has 0 aromatic heterocycles. The largest absolute Gasteiger partial charge is 0.497 e. The monoisotopic (exact) mass is 405 g/mol. The second kappa shape index (κ2) is 11.7. The van der Waals surface area contributed by atoms with E-state index in [1.54, 1.807) is 14.2 Å². The molecule has 0 saturated carbocycles. The predicted octanol–water partition coefficient (Wildman–Crippen LogP) is 3.41. The lowest BCUT2D eigenvalue weighted by atomic mass is 10.1. The Bertz CT molecular complexity index is 404. The fourth-order valence-electron chi connectivity index (χ4n) is 1.87. The van der Waals surface area contributed by atoms with Gasteiger partial charge in [0, 0.05) is 20.1 Å². The van der Waals surface area contributed by atoms with Crippen molar-refractivity contribution in [2.24, 2.45) is 10.9 Å². The molecule has 1 rings (SSSR count). The summed E-state index contributed by atoms with van der Waals surface area (Å²) in [5.74, 6) is 2.49. The van der Waals surface area contributed by atoms with Gasteiger partial charge in [-0.2, -0.15) is 0 Å². The summed E-state index contributed by atoms with van der Waals surface area (Å²) in [5, 5.41) is 6.64. The van der Waals surface area contributed by atoms with Crippen LogP contribution in [0.3, 0.4) is 0 Å². The first kappa shape index (κ1) is 20.0. The summed E-state index contributed by atoms with van der Waals surface area (Å²) >= 11 is 0. The zero-order valence-corrected chi connectivity index (χ0v) is 15.8. The molecule has 0 unspecified atom stereocenters. The highest BCUT2D eigenvalue weighted by Crippen LogP contribution is 2.10. The molecule has 1 aromatic carbocycles. The van der Waals surface area contributed by atoms with E-state index in [0.717, 1.165) is 30.7 Å². The second-order valence-corrected chi connectivity index (χ2v) is 5.24. The van der Waals surface area contributed by atoms with Crippen molar-refractivity contribution in [3.05, 3.63) is 29.8 Å². The molecule has 0 fully saturated rings. The van der Waals surface area contributed by atoms with Crippen LogP contribution in [0.2, 0.25) is 0 Å². The minimum Gasteiger partial charge on any atom is -0.497 e. The number of hydrogen-bond donors (Lipinski definition) is 2. The van der Waals surface area contributed by atoms with Crippen LogP contribution in [-0.2, 0) is 6.54 Å². The molecular weight excluding hydrogens is 377 g/mol. The van der Waals surface area contributed by atoms with Gasteiger partial charge in [-0.15, -0.1) is 24.0 Å². The van der Waals surface area contributed by atoms with Crippen LogP contribution in [0.15, 0.2) is 29.3 Å². The molecule has 0 atom stereocenters. The molecular formula is C16H28IN3O. The van der Waals surface area contributed by atoms with Crippen LogP contribution in [0, 0.1) is 5.92 Å². The van der Waals surface area contributed by atoms with Crippen LogP contribution in [-0.4, -0.2) is 26.7 Å². The maximum Gasteiger partial charge on any atom is 0.191 e. The van der Waals surface area contributed by atoms with Gasteiger partial charge in [-0.05, 0) is 36.5 Å². The van der Waals surface area contributed by atoms with Gasteiger partial charge in [0.15, 0.2) is 5.96 Å². The summed E-state index contributed by atoms with van der Waals surface area (Å²) < 4.78 is 5.14. The first-order valence-corrected chi connectivity index (χ1v) is 7.23. The molecule has 0 aliphatic heterocycles. The third-order valence-corrected chi connectivity index (χ3v) is 3.09. The second-order valence-electron chi connectivity index (χ2n) is 5.24. The molecule has 2 N–H and O–H groups in total. The van der Waals surface area contributed by atoms with Gasteiger partial charge in [-0.3, -0.25) is 4.99 Å². The van der Waals surface area contributed by atoms with Gasteiger partial charge in [0.2, 0.25) is 0 Å². The number of nitrogens with zero attached hydrogens (tertiary/aromatic N) is 1. The summed E-state index contributed by atoms with van der Waals surface area (Å²) in [6.07, 6.45) is 2.41. The summed E-state index contributed by atoms with van der Waals surface area (Å²) in [7, 11) is 3.47. The quantitative estimate of drug-likeness (QED) is 0.316. The summed E-state index contributed by atoms with van der Waals surface area (Å²) in [6, 6.07) is 8.04. The number of aliphatic imine (C=N–C) groups is 1. The molecule has 1 aromatic rings. The maximum absolute atomic E-state index is 5.14. The van der Waals surface area contributed by atoms with E-state index in [9.17, 15) is 0 Å².